The van der Waals surface area contributed by atoms with Crippen molar-refractivity contribution in [3.63, 3.8) is 0 Å². The van der Waals surface area contributed by atoms with Gasteiger partial charge in [0.05, 0.1) is 5.69 Å². The number of aromatic carboxylic acids is 1. The molecule has 2 aromatic carbocycles. The molecule has 0 aliphatic carbocycles. The van der Waals surface area contributed by atoms with E-state index in [1.807, 2.05) is 24.5 Å². The van der Waals surface area contributed by atoms with Crippen LogP contribution in [0.15, 0.2) is 47.4 Å². The minimum absolute atomic E-state index is 0.0518. The van der Waals surface area contributed by atoms with Crippen molar-refractivity contribution >= 4 is 23.4 Å². The molecule has 98 valence electrons. The average molecular weight is 275 g/mol. The van der Waals surface area contributed by atoms with E-state index in [0.717, 1.165) is 4.90 Å². The second-order valence-corrected chi connectivity index (χ2v) is 4.63. The van der Waals surface area contributed by atoms with Crippen LogP contribution in [0.5, 0.6) is 11.5 Å². The Hall–Kier alpha value is -2.14. The van der Waals surface area contributed by atoms with E-state index in [1.54, 1.807) is 18.2 Å². The van der Waals surface area contributed by atoms with E-state index < -0.39 is 5.97 Å². The quantitative estimate of drug-likeness (QED) is 0.660. The van der Waals surface area contributed by atoms with Gasteiger partial charge in [0.25, 0.3) is 0 Å². The monoisotopic (exact) mass is 275 g/mol. The maximum absolute atomic E-state index is 11.2. The Labute approximate surface area is 115 Å². The second-order valence-electron chi connectivity index (χ2n) is 3.78. The molecule has 2 rings (SSSR count). The van der Waals surface area contributed by atoms with Crippen LogP contribution < -0.4 is 10.5 Å². The predicted molar refractivity (Wildman–Crippen MR) is 76.1 cm³/mol. The zero-order valence-electron chi connectivity index (χ0n) is 10.3. The molecule has 0 heterocycles. The number of nitrogen functional groups attached to an aromatic ring is 1. The number of ether oxygens (including phenoxy) is 1. The van der Waals surface area contributed by atoms with Gasteiger partial charge in [0.15, 0.2) is 5.75 Å². The van der Waals surface area contributed by atoms with Crippen LogP contribution in [0, 0.1) is 0 Å². The standard InChI is InChI=1S/C14H13NO3S/c1-19-12-8-3-2-7-11(12)18-13-9(14(16)17)5-4-6-10(13)15/h2-8H,15H2,1H3,(H,16,17). The first kappa shape index (κ1) is 13.3. The number of benzene rings is 2. The number of rotatable bonds is 4. The Bertz CT molecular complexity index is 613. The highest BCUT2D eigenvalue weighted by atomic mass is 32.2. The zero-order chi connectivity index (χ0) is 13.8. The first-order valence-electron chi connectivity index (χ1n) is 5.56. The molecular formula is C14H13NO3S. The Kier molecular flexibility index (Phi) is 3.97. The molecule has 4 nitrogen and oxygen atoms in total. The highest BCUT2D eigenvalue weighted by Gasteiger charge is 2.15. The van der Waals surface area contributed by atoms with Crippen LogP contribution in [0.1, 0.15) is 10.4 Å². The summed E-state index contributed by atoms with van der Waals surface area (Å²) < 4.78 is 5.70. The van der Waals surface area contributed by atoms with Gasteiger partial charge < -0.3 is 15.6 Å². The summed E-state index contributed by atoms with van der Waals surface area (Å²) in [6.07, 6.45) is 1.93. The van der Waals surface area contributed by atoms with E-state index in [4.69, 9.17) is 15.6 Å². The zero-order valence-corrected chi connectivity index (χ0v) is 11.1. The van der Waals surface area contributed by atoms with Gasteiger partial charge in [-0.15, -0.1) is 11.8 Å². The lowest BCUT2D eigenvalue weighted by Crippen LogP contribution is -2.03. The molecule has 0 spiro atoms. The maximum Gasteiger partial charge on any atom is 0.339 e. The van der Waals surface area contributed by atoms with Crippen LogP contribution in [0.4, 0.5) is 5.69 Å². The third kappa shape index (κ3) is 2.82. The van der Waals surface area contributed by atoms with Crippen molar-refractivity contribution in [2.45, 2.75) is 4.90 Å². The van der Waals surface area contributed by atoms with Crippen LogP contribution in [0.3, 0.4) is 0 Å². The molecule has 0 atom stereocenters. The summed E-state index contributed by atoms with van der Waals surface area (Å²) in [6, 6.07) is 12.1. The van der Waals surface area contributed by atoms with E-state index in [1.165, 1.54) is 17.8 Å². The van der Waals surface area contributed by atoms with Crippen molar-refractivity contribution in [1.82, 2.24) is 0 Å². The molecule has 0 fully saturated rings. The molecular weight excluding hydrogens is 262 g/mol. The third-order valence-corrected chi connectivity index (χ3v) is 3.33. The lowest BCUT2D eigenvalue weighted by molar-refractivity contribution is 0.0694. The van der Waals surface area contributed by atoms with Crippen molar-refractivity contribution in [1.29, 1.82) is 0 Å². The van der Waals surface area contributed by atoms with Crippen molar-refractivity contribution < 1.29 is 14.6 Å². The number of carboxylic acid groups (broad SMARTS) is 1. The van der Waals surface area contributed by atoms with Crippen molar-refractivity contribution in [3.05, 3.63) is 48.0 Å². The summed E-state index contributed by atoms with van der Waals surface area (Å²) >= 11 is 1.52. The second kappa shape index (κ2) is 5.67. The molecule has 0 bridgehead atoms. The smallest absolute Gasteiger partial charge is 0.339 e. The molecule has 0 aromatic heterocycles. The highest BCUT2D eigenvalue weighted by molar-refractivity contribution is 7.98. The number of para-hydroxylation sites is 2. The molecule has 0 amide bonds. The van der Waals surface area contributed by atoms with E-state index in [0.29, 0.717) is 11.4 Å². The molecule has 0 saturated carbocycles. The van der Waals surface area contributed by atoms with Crippen molar-refractivity contribution in [2.75, 3.05) is 12.0 Å². The van der Waals surface area contributed by atoms with Gasteiger partial charge in [0, 0.05) is 4.90 Å². The number of hydrogen-bond acceptors (Lipinski definition) is 4. The molecule has 5 heteroatoms. The molecule has 0 saturated heterocycles. The molecule has 0 unspecified atom stereocenters. The van der Waals surface area contributed by atoms with E-state index >= 15 is 0 Å². The maximum atomic E-state index is 11.2. The Morgan fingerprint density at radius 1 is 1.21 bits per heavy atom. The van der Waals surface area contributed by atoms with Gasteiger partial charge in [-0.2, -0.15) is 0 Å². The number of carboxylic acids is 1. The topological polar surface area (TPSA) is 72.5 Å². The number of thioether (sulfide) groups is 1. The Balaban J connectivity index is 2.46. The molecule has 19 heavy (non-hydrogen) atoms. The average Bonchev–Trinajstić information content (AvgIpc) is 2.41. The summed E-state index contributed by atoms with van der Waals surface area (Å²) in [7, 11) is 0. The van der Waals surface area contributed by atoms with Gasteiger partial charge >= 0.3 is 5.97 Å². The van der Waals surface area contributed by atoms with Crippen LogP contribution in [-0.2, 0) is 0 Å². The fraction of sp³-hybridized carbons (Fsp3) is 0.0714. The van der Waals surface area contributed by atoms with Gasteiger partial charge in [-0.05, 0) is 30.5 Å². The minimum Gasteiger partial charge on any atom is -0.478 e. The summed E-state index contributed by atoms with van der Waals surface area (Å²) in [4.78, 5) is 12.1. The van der Waals surface area contributed by atoms with E-state index in [-0.39, 0.29) is 11.3 Å². The number of anilines is 1. The van der Waals surface area contributed by atoms with Crippen LogP contribution in [-0.4, -0.2) is 17.3 Å². The van der Waals surface area contributed by atoms with Gasteiger partial charge in [-0.3, -0.25) is 0 Å². The molecule has 0 aliphatic heterocycles. The summed E-state index contributed by atoms with van der Waals surface area (Å²) in [6.45, 7) is 0. The van der Waals surface area contributed by atoms with Crippen molar-refractivity contribution in [2.24, 2.45) is 0 Å². The molecule has 0 aliphatic rings. The van der Waals surface area contributed by atoms with Crippen LogP contribution in [0.25, 0.3) is 0 Å². The van der Waals surface area contributed by atoms with Crippen molar-refractivity contribution in [3.8, 4) is 11.5 Å². The lowest BCUT2D eigenvalue weighted by Gasteiger charge is -2.13. The van der Waals surface area contributed by atoms with Gasteiger partial charge in [0.2, 0.25) is 0 Å². The Morgan fingerprint density at radius 2 is 1.95 bits per heavy atom. The Morgan fingerprint density at radius 3 is 2.63 bits per heavy atom. The van der Waals surface area contributed by atoms with Crippen LogP contribution >= 0.6 is 11.8 Å². The largest absolute Gasteiger partial charge is 0.478 e. The van der Waals surface area contributed by atoms with Gasteiger partial charge in [-0.1, -0.05) is 18.2 Å². The first-order chi connectivity index (χ1) is 9.13. The molecule has 3 N–H and O–H groups in total. The first-order valence-corrected chi connectivity index (χ1v) is 6.78. The number of carbonyl (C=O) groups is 1. The summed E-state index contributed by atoms with van der Waals surface area (Å²) in [5, 5.41) is 9.15. The van der Waals surface area contributed by atoms with E-state index in [2.05, 4.69) is 0 Å². The third-order valence-electron chi connectivity index (χ3n) is 2.56. The number of hydrogen-bond donors (Lipinski definition) is 2. The lowest BCUT2D eigenvalue weighted by atomic mass is 10.1. The minimum atomic E-state index is -1.07. The highest BCUT2D eigenvalue weighted by Crippen LogP contribution is 2.35. The molecule has 0 radical (unpaired) electrons. The fourth-order valence-corrected chi connectivity index (χ4v) is 2.18. The summed E-state index contributed by atoms with van der Waals surface area (Å²) in [5.74, 6) is -0.296. The van der Waals surface area contributed by atoms with Gasteiger partial charge in [-0.25, -0.2) is 4.79 Å². The molecule has 2 aromatic rings. The van der Waals surface area contributed by atoms with Gasteiger partial charge in [0.1, 0.15) is 11.3 Å². The number of nitrogens with two attached hydrogens (primary N) is 1. The normalized spacial score (nSPS) is 10.2. The SMILES string of the molecule is CSc1ccccc1Oc1c(N)cccc1C(=O)O. The van der Waals surface area contributed by atoms with Crippen LogP contribution in [0.2, 0.25) is 0 Å². The van der Waals surface area contributed by atoms with E-state index in [9.17, 15) is 4.79 Å². The fourth-order valence-electron chi connectivity index (χ4n) is 1.65. The predicted octanol–water partition coefficient (Wildman–Crippen LogP) is 3.48. The summed E-state index contributed by atoms with van der Waals surface area (Å²) in [5.41, 5.74) is 6.16.